The molecule has 2 saturated heterocycles. The molecule has 12 heteroatoms. The van der Waals surface area contributed by atoms with E-state index in [1.54, 1.807) is 12.3 Å². The van der Waals surface area contributed by atoms with Gasteiger partial charge in [-0.2, -0.15) is 5.10 Å². The van der Waals surface area contributed by atoms with Crippen molar-refractivity contribution in [3.8, 4) is 0 Å². The largest absolute Gasteiger partial charge is 0.441 e. The monoisotopic (exact) mass is 482 g/mol. The lowest BCUT2D eigenvalue weighted by Crippen LogP contribution is -2.68. The second kappa shape index (κ2) is 7.89. The SMILES string of the molecule is O=C(NC12CC(C1)C2)O[C@@H]1CO[C@H](c2cc(Nc3nccc4nc(CN5CCC5)cn34)n[nH]2)[C@@H]1F. The molecule has 3 aromatic rings. The average Bonchev–Trinajstić information content (AvgIpc) is 3.47. The Kier molecular flexibility index (Phi) is 4.75. The van der Waals surface area contributed by atoms with E-state index < -0.39 is 24.5 Å². The Bertz CT molecular complexity index is 1260. The van der Waals surface area contributed by atoms with Crippen LogP contribution in [0.25, 0.3) is 5.65 Å². The normalized spacial score (nSPS) is 31.5. The molecule has 3 aromatic heterocycles. The number of amides is 1. The van der Waals surface area contributed by atoms with E-state index in [9.17, 15) is 4.79 Å². The molecule has 0 unspecified atom stereocenters. The maximum Gasteiger partial charge on any atom is 0.408 e. The van der Waals surface area contributed by atoms with Gasteiger partial charge in [0.05, 0.1) is 18.0 Å². The summed E-state index contributed by atoms with van der Waals surface area (Å²) in [6, 6.07) is 3.53. The molecule has 2 bridgehead atoms. The average molecular weight is 483 g/mol. The second-order valence-electron chi connectivity index (χ2n) is 10.2. The number of nitrogens with zero attached hydrogens (tertiary/aromatic N) is 5. The molecule has 11 nitrogen and oxygen atoms in total. The fourth-order valence-electron chi connectivity index (χ4n) is 5.52. The first kappa shape index (κ1) is 21.1. The highest BCUT2D eigenvalue weighted by atomic mass is 19.1. The number of rotatable bonds is 7. The first-order chi connectivity index (χ1) is 17.0. The molecular formula is C23H27FN8O3. The third kappa shape index (κ3) is 3.71. The number of alkyl halides is 1. The van der Waals surface area contributed by atoms with Gasteiger partial charge in [-0.25, -0.2) is 19.2 Å². The fourth-order valence-corrected chi connectivity index (χ4v) is 5.52. The van der Waals surface area contributed by atoms with Crippen molar-refractivity contribution in [3.63, 3.8) is 0 Å². The number of hydrogen-bond acceptors (Lipinski definition) is 8. The lowest BCUT2D eigenvalue weighted by Gasteiger charge is -2.61. The first-order valence-corrected chi connectivity index (χ1v) is 12.2. The van der Waals surface area contributed by atoms with Crippen molar-refractivity contribution in [1.29, 1.82) is 0 Å². The van der Waals surface area contributed by atoms with Gasteiger partial charge in [0.2, 0.25) is 5.95 Å². The number of fused-ring (bicyclic) bond motifs is 1. The highest BCUT2D eigenvalue weighted by molar-refractivity contribution is 5.69. The van der Waals surface area contributed by atoms with Gasteiger partial charge >= 0.3 is 6.09 Å². The van der Waals surface area contributed by atoms with Crippen LogP contribution in [-0.2, 0) is 16.0 Å². The zero-order chi connectivity index (χ0) is 23.6. The van der Waals surface area contributed by atoms with Crippen LogP contribution in [0, 0.1) is 5.92 Å². The molecule has 8 rings (SSSR count). The Morgan fingerprint density at radius 2 is 2.20 bits per heavy atom. The summed E-state index contributed by atoms with van der Waals surface area (Å²) in [6.45, 7) is 3.01. The number of imidazole rings is 1. The number of aromatic amines is 1. The van der Waals surface area contributed by atoms with E-state index in [2.05, 4.69) is 35.7 Å². The minimum atomic E-state index is -1.50. The van der Waals surface area contributed by atoms with Crippen LogP contribution in [0.5, 0.6) is 0 Å². The number of ether oxygens (including phenoxy) is 2. The van der Waals surface area contributed by atoms with E-state index in [0.717, 1.165) is 56.2 Å². The zero-order valence-electron chi connectivity index (χ0n) is 19.1. The number of aromatic nitrogens is 5. The topological polar surface area (TPSA) is 122 Å². The molecule has 184 valence electrons. The molecule has 3 atom stereocenters. The van der Waals surface area contributed by atoms with Gasteiger partial charge in [0.1, 0.15) is 11.8 Å². The predicted molar refractivity (Wildman–Crippen MR) is 122 cm³/mol. The van der Waals surface area contributed by atoms with E-state index in [1.807, 2.05) is 16.7 Å². The van der Waals surface area contributed by atoms with E-state index in [1.165, 1.54) is 6.42 Å². The summed E-state index contributed by atoms with van der Waals surface area (Å²) in [5.74, 6) is 1.76. The smallest absolute Gasteiger partial charge is 0.408 e. The molecule has 3 saturated carbocycles. The molecule has 2 aliphatic heterocycles. The summed E-state index contributed by atoms with van der Waals surface area (Å²) < 4.78 is 27.9. The summed E-state index contributed by atoms with van der Waals surface area (Å²) in [4.78, 5) is 23.6. The van der Waals surface area contributed by atoms with Crippen molar-refractivity contribution in [3.05, 3.63) is 35.9 Å². The Balaban J connectivity index is 1.00. The minimum absolute atomic E-state index is 0.00758. The number of H-pyrrole nitrogens is 1. The maximum absolute atomic E-state index is 15.1. The van der Waals surface area contributed by atoms with E-state index in [4.69, 9.17) is 9.47 Å². The van der Waals surface area contributed by atoms with Crippen LogP contribution in [-0.4, -0.2) is 73.1 Å². The number of likely N-dealkylation sites (tertiary alicyclic amines) is 1. The van der Waals surface area contributed by atoms with Crippen molar-refractivity contribution in [2.75, 3.05) is 25.0 Å². The van der Waals surface area contributed by atoms with Gasteiger partial charge in [0.25, 0.3) is 0 Å². The number of anilines is 2. The predicted octanol–water partition coefficient (Wildman–Crippen LogP) is 2.46. The number of carbonyl (C=O) groups is 1. The van der Waals surface area contributed by atoms with Crippen molar-refractivity contribution in [2.24, 2.45) is 5.92 Å². The van der Waals surface area contributed by atoms with Crippen LogP contribution in [0.2, 0.25) is 0 Å². The van der Waals surface area contributed by atoms with Gasteiger partial charge in [-0.05, 0) is 50.8 Å². The van der Waals surface area contributed by atoms with Gasteiger partial charge in [-0.1, -0.05) is 0 Å². The highest BCUT2D eigenvalue weighted by Gasteiger charge is 2.58. The van der Waals surface area contributed by atoms with Gasteiger partial charge in [0.15, 0.2) is 18.1 Å². The summed E-state index contributed by atoms with van der Waals surface area (Å²) in [6.07, 6.45) is 3.94. The number of nitrogens with one attached hydrogen (secondary N) is 3. The number of halogens is 1. The number of carbonyl (C=O) groups excluding carboxylic acids is 1. The van der Waals surface area contributed by atoms with Crippen LogP contribution in [0.4, 0.5) is 21.0 Å². The number of hydrogen-bond donors (Lipinski definition) is 3. The van der Waals surface area contributed by atoms with Crippen LogP contribution >= 0.6 is 0 Å². The van der Waals surface area contributed by atoms with Gasteiger partial charge in [-0.15, -0.1) is 0 Å². The van der Waals surface area contributed by atoms with Crippen LogP contribution in [0.3, 0.4) is 0 Å². The third-order valence-corrected chi connectivity index (χ3v) is 7.66. The van der Waals surface area contributed by atoms with Gasteiger partial charge in [-0.3, -0.25) is 14.4 Å². The Morgan fingerprint density at radius 3 is 2.94 bits per heavy atom. The summed E-state index contributed by atoms with van der Waals surface area (Å²) in [5.41, 5.74) is 2.11. The molecule has 35 heavy (non-hydrogen) atoms. The van der Waals surface area contributed by atoms with Crippen LogP contribution in [0.1, 0.15) is 43.2 Å². The molecule has 5 aliphatic rings. The molecule has 5 fully saturated rings. The Hall–Kier alpha value is -3.25. The molecule has 3 aliphatic carbocycles. The quantitative estimate of drug-likeness (QED) is 0.470. The summed E-state index contributed by atoms with van der Waals surface area (Å²) >= 11 is 0. The van der Waals surface area contributed by atoms with E-state index in [0.29, 0.717) is 17.5 Å². The molecular weight excluding hydrogens is 455 g/mol. The molecule has 0 aromatic carbocycles. The maximum atomic E-state index is 15.1. The summed E-state index contributed by atoms with van der Waals surface area (Å²) in [7, 11) is 0. The zero-order valence-corrected chi connectivity index (χ0v) is 19.1. The van der Waals surface area contributed by atoms with Crippen molar-refractivity contribution >= 4 is 23.5 Å². The van der Waals surface area contributed by atoms with Gasteiger partial charge in [0, 0.05) is 30.5 Å². The molecule has 1 amide bonds. The Labute approximate surface area is 200 Å². The highest BCUT2D eigenvalue weighted by Crippen LogP contribution is 2.57. The van der Waals surface area contributed by atoms with Crippen molar-refractivity contribution < 1.29 is 18.7 Å². The second-order valence-corrected chi connectivity index (χ2v) is 10.2. The molecule has 0 radical (unpaired) electrons. The lowest BCUT2D eigenvalue weighted by molar-refractivity contribution is -0.0528. The van der Waals surface area contributed by atoms with Crippen molar-refractivity contribution in [2.45, 2.75) is 56.1 Å². The van der Waals surface area contributed by atoms with Crippen LogP contribution < -0.4 is 10.6 Å². The fraction of sp³-hybridized carbons (Fsp3) is 0.565. The lowest BCUT2D eigenvalue weighted by atomic mass is 9.50. The Morgan fingerprint density at radius 1 is 1.34 bits per heavy atom. The molecule has 3 N–H and O–H groups in total. The standard InChI is InChI=1S/C23H27FN8O3/c24-19-16(35-22(33)28-23-7-13(8-23)9-23)12-34-20(19)15-6-17(30-29-15)27-21-25-3-2-18-26-14(11-32(18)21)10-31-4-1-5-31/h2-3,6,11,13,16,19-20H,1,4-5,7-10,12H2,(H,28,33)(H2,25,27,29,30)/t13?,16-,19-,20-,23?/m1/s1. The third-order valence-electron chi connectivity index (χ3n) is 7.66. The van der Waals surface area contributed by atoms with Gasteiger partial charge < -0.3 is 20.1 Å². The van der Waals surface area contributed by atoms with Crippen LogP contribution in [0.15, 0.2) is 24.5 Å². The molecule has 5 heterocycles. The minimum Gasteiger partial charge on any atom is -0.441 e. The first-order valence-electron chi connectivity index (χ1n) is 12.2. The van der Waals surface area contributed by atoms with E-state index in [-0.39, 0.29) is 12.1 Å². The number of alkyl carbamates (subject to hydrolysis) is 1. The molecule has 0 spiro atoms. The van der Waals surface area contributed by atoms with Crippen molar-refractivity contribution in [1.82, 2.24) is 34.8 Å². The summed E-state index contributed by atoms with van der Waals surface area (Å²) in [5, 5.41) is 13.1. The van der Waals surface area contributed by atoms with E-state index >= 15 is 4.39 Å².